The fourth-order valence-electron chi connectivity index (χ4n) is 2.06. The molecule has 1 amide bonds. The Morgan fingerprint density at radius 2 is 2.05 bits per heavy atom. The van der Waals surface area contributed by atoms with Crippen LogP contribution < -0.4 is 16.6 Å². The number of hydrogen-bond donors (Lipinski definition) is 2. The molecule has 0 aliphatic carbocycles. The van der Waals surface area contributed by atoms with Gasteiger partial charge >= 0.3 is 0 Å². The van der Waals surface area contributed by atoms with Gasteiger partial charge in [0.1, 0.15) is 6.54 Å². The van der Waals surface area contributed by atoms with Gasteiger partial charge in [-0.05, 0) is 26.1 Å². The number of pyridine rings is 1. The van der Waals surface area contributed by atoms with Gasteiger partial charge in [0.05, 0.1) is 0 Å². The third-order valence-electron chi connectivity index (χ3n) is 3.15. The second kappa shape index (κ2) is 7.69. The van der Waals surface area contributed by atoms with Crippen LogP contribution in [0.15, 0.2) is 23.1 Å². The van der Waals surface area contributed by atoms with Crippen LogP contribution in [0.5, 0.6) is 0 Å². The number of carbonyl (C=O) groups is 1. The van der Waals surface area contributed by atoms with Crippen molar-refractivity contribution in [3.63, 3.8) is 0 Å². The minimum atomic E-state index is -0.231. The second-order valence-electron chi connectivity index (χ2n) is 4.88. The fraction of sp³-hybridized carbons (Fsp3) is 0.571. The zero-order valence-electron chi connectivity index (χ0n) is 12.4. The smallest absolute Gasteiger partial charge is 0.251 e. The summed E-state index contributed by atoms with van der Waals surface area (Å²) in [6, 6.07) is 2.93. The first-order valence-corrected chi connectivity index (χ1v) is 6.94. The number of nitrogens with zero attached hydrogens (tertiary/aromatic N) is 2. The average Bonchev–Trinajstić information content (AvgIpc) is 2.40. The lowest BCUT2D eigenvalue weighted by Gasteiger charge is -2.23. The van der Waals surface area contributed by atoms with Crippen molar-refractivity contribution in [2.24, 2.45) is 0 Å². The maximum atomic E-state index is 11.9. The van der Waals surface area contributed by atoms with E-state index in [1.807, 2.05) is 6.92 Å². The van der Waals surface area contributed by atoms with Gasteiger partial charge in [0.15, 0.2) is 0 Å². The summed E-state index contributed by atoms with van der Waals surface area (Å²) in [7, 11) is 0. The van der Waals surface area contributed by atoms with Gasteiger partial charge in [-0.1, -0.05) is 13.8 Å². The summed E-state index contributed by atoms with van der Waals surface area (Å²) in [5.74, 6) is -0.183. The molecule has 20 heavy (non-hydrogen) atoms. The third kappa shape index (κ3) is 5.05. The van der Waals surface area contributed by atoms with Gasteiger partial charge in [-0.25, -0.2) is 0 Å². The fourth-order valence-corrected chi connectivity index (χ4v) is 2.06. The molecule has 0 bridgehead atoms. The van der Waals surface area contributed by atoms with Gasteiger partial charge < -0.3 is 20.5 Å². The van der Waals surface area contributed by atoms with E-state index in [4.69, 9.17) is 5.73 Å². The van der Waals surface area contributed by atoms with Crippen LogP contribution >= 0.6 is 0 Å². The summed E-state index contributed by atoms with van der Waals surface area (Å²) in [5.41, 5.74) is 5.84. The molecule has 1 atom stereocenters. The van der Waals surface area contributed by atoms with Crippen molar-refractivity contribution in [3.05, 3.63) is 28.7 Å². The van der Waals surface area contributed by atoms with Gasteiger partial charge in [0.2, 0.25) is 5.91 Å². The zero-order valence-corrected chi connectivity index (χ0v) is 12.4. The molecule has 3 N–H and O–H groups in total. The molecule has 0 spiro atoms. The first kappa shape index (κ1) is 16.2. The predicted molar refractivity (Wildman–Crippen MR) is 80.5 cm³/mol. The Hall–Kier alpha value is -1.82. The van der Waals surface area contributed by atoms with Gasteiger partial charge in [-0.3, -0.25) is 9.59 Å². The Labute approximate surface area is 119 Å². The minimum Gasteiger partial charge on any atom is -0.398 e. The van der Waals surface area contributed by atoms with Gasteiger partial charge in [-0.15, -0.1) is 0 Å². The van der Waals surface area contributed by atoms with Crippen LogP contribution in [0.2, 0.25) is 0 Å². The molecule has 1 aromatic heterocycles. The molecule has 1 unspecified atom stereocenters. The van der Waals surface area contributed by atoms with Crippen molar-refractivity contribution in [1.82, 2.24) is 14.8 Å². The number of likely N-dealkylation sites (N-methyl/N-ethyl adjacent to an activating group) is 1. The number of carbonyl (C=O) groups excluding carboxylic acids is 1. The zero-order chi connectivity index (χ0) is 15.1. The van der Waals surface area contributed by atoms with E-state index in [0.29, 0.717) is 5.69 Å². The van der Waals surface area contributed by atoms with E-state index in [2.05, 4.69) is 24.1 Å². The second-order valence-corrected chi connectivity index (χ2v) is 4.88. The quantitative estimate of drug-likeness (QED) is 0.751. The van der Waals surface area contributed by atoms with Crippen LogP contribution in [0.4, 0.5) is 5.69 Å². The van der Waals surface area contributed by atoms with Crippen LogP contribution in [0.1, 0.15) is 20.8 Å². The number of anilines is 1. The standard InChI is InChI=1S/C14H24N4O2/c1-4-17(5-2)8-11(3)16-13(19)10-18-9-12(15)6-7-14(18)20/h6-7,9,11H,4-5,8,10,15H2,1-3H3,(H,16,19). The van der Waals surface area contributed by atoms with Crippen LogP contribution in [0, 0.1) is 0 Å². The van der Waals surface area contributed by atoms with E-state index in [1.54, 1.807) is 0 Å². The number of nitrogens with one attached hydrogen (secondary N) is 1. The van der Waals surface area contributed by atoms with Crippen LogP contribution in [0.25, 0.3) is 0 Å². The molecule has 1 heterocycles. The first-order valence-electron chi connectivity index (χ1n) is 6.94. The Kier molecular flexibility index (Phi) is 6.24. The Morgan fingerprint density at radius 1 is 1.40 bits per heavy atom. The van der Waals surface area contributed by atoms with E-state index in [0.717, 1.165) is 19.6 Å². The van der Waals surface area contributed by atoms with Crippen LogP contribution in [-0.2, 0) is 11.3 Å². The van der Waals surface area contributed by atoms with E-state index in [-0.39, 0.29) is 24.1 Å². The number of nitrogens with two attached hydrogens (primary N) is 1. The SMILES string of the molecule is CCN(CC)CC(C)NC(=O)Cn1cc(N)ccc1=O. The molecule has 0 saturated heterocycles. The van der Waals surface area contributed by atoms with Crippen molar-refractivity contribution in [2.45, 2.75) is 33.4 Å². The number of aromatic nitrogens is 1. The highest BCUT2D eigenvalue weighted by Crippen LogP contribution is 1.96. The average molecular weight is 280 g/mol. The molecular formula is C14H24N4O2. The summed E-state index contributed by atoms with van der Waals surface area (Å²) in [4.78, 5) is 25.7. The number of hydrogen-bond acceptors (Lipinski definition) is 4. The third-order valence-corrected chi connectivity index (χ3v) is 3.15. The van der Waals surface area contributed by atoms with Crippen molar-refractivity contribution in [2.75, 3.05) is 25.4 Å². The van der Waals surface area contributed by atoms with E-state index in [9.17, 15) is 9.59 Å². The molecule has 1 rings (SSSR count). The maximum absolute atomic E-state index is 11.9. The molecule has 0 aliphatic heterocycles. The van der Waals surface area contributed by atoms with E-state index < -0.39 is 0 Å². The maximum Gasteiger partial charge on any atom is 0.251 e. The Bertz CT molecular complexity index is 494. The number of rotatable bonds is 7. The van der Waals surface area contributed by atoms with Crippen molar-refractivity contribution < 1.29 is 4.79 Å². The lowest BCUT2D eigenvalue weighted by Crippen LogP contribution is -2.43. The number of amides is 1. The summed E-state index contributed by atoms with van der Waals surface area (Å²) < 4.78 is 1.31. The molecule has 6 nitrogen and oxygen atoms in total. The lowest BCUT2D eigenvalue weighted by molar-refractivity contribution is -0.122. The molecule has 1 aromatic rings. The highest BCUT2D eigenvalue weighted by Gasteiger charge is 2.11. The van der Waals surface area contributed by atoms with Gasteiger partial charge in [0.25, 0.3) is 5.56 Å². The minimum absolute atomic E-state index is 0.00748. The van der Waals surface area contributed by atoms with Crippen molar-refractivity contribution >= 4 is 11.6 Å². The van der Waals surface area contributed by atoms with Crippen LogP contribution in [0.3, 0.4) is 0 Å². The number of nitrogen functional groups attached to an aromatic ring is 1. The van der Waals surface area contributed by atoms with Crippen molar-refractivity contribution in [3.8, 4) is 0 Å². The Morgan fingerprint density at radius 3 is 2.65 bits per heavy atom. The molecule has 112 valence electrons. The molecule has 0 radical (unpaired) electrons. The van der Waals surface area contributed by atoms with E-state index >= 15 is 0 Å². The van der Waals surface area contributed by atoms with E-state index in [1.165, 1.54) is 22.9 Å². The highest BCUT2D eigenvalue weighted by molar-refractivity contribution is 5.76. The van der Waals surface area contributed by atoms with Gasteiger partial charge in [-0.2, -0.15) is 0 Å². The predicted octanol–water partition coefficient (Wildman–Crippen LogP) is 0.277. The Balaban J connectivity index is 2.55. The largest absolute Gasteiger partial charge is 0.398 e. The van der Waals surface area contributed by atoms with Crippen molar-refractivity contribution in [1.29, 1.82) is 0 Å². The summed E-state index contributed by atoms with van der Waals surface area (Å²) in [6.07, 6.45) is 1.48. The highest BCUT2D eigenvalue weighted by atomic mass is 16.2. The monoisotopic (exact) mass is 280 g/mol. The van der Waals surface area contributed by atoms with Gasteiger partial charge in [0, 0.05) is 30.5 Å². The summed E-state index contributed by atoms with van der Waals surface area (Å²) in [5, 5.41) is 2.89. The summed E-state index contributed by atoms with van der Waals surface area (Å²) >= 11 is 0. The first-order chi connectivity index (χ1) is 9.46. The molecule has 0 aliphatic rings. The topological polar surface area (TPSA) is 80.4 Å². The lowest BCUT2D eigenvalue weighted by atomic mass is 10.3. The molecule has 0 fully saturated rings. The normalized spacial score (nSPS) is 12.4. The molecule has 6 heteroatoms. The molecular weight excluding hydrogens is 256 g/mol. The molecule has 0 saturated carbocycles. The van der Waals surface area contributed by atoms with Crippen LogP contribution in [-0.4, -0.2) is 41.1 Å². The summed E-state index contributed by atoms with van der Waals surface area (Å²) in [6.45, 7) is 8.82. The molecule has 0 aromatic carbocycles.